The summed E-state index contributed by atoms with van der Waals surface area (Å²) in [6, 6.07) is 0. The lowest BCUT2D eigenvalue weighted by Crippen LogP contribution is -2.37. The fraction of sp³-hybridized carbons (Fsp3) is 0.941. The number of nitrogens with two attached hydrogens (primary N) is 1. The SMILES string of the molecule is CC(C)(C)OC(=O)NCCOC(C)(C)CCOC(C)(C)CCN. The Kier molecular flexibility index (Phi) is 9.10. The van der Waals surface area contributed by atoms with Gasteiger partial charge in [-0.15, -0.1) is 0 Å². The van der Waals surface area contributed by atoms with E-state index in [1.54, 1.807) is 0 Å². The first-order chi connectivity index (χ1) is 10.4. The van der Waals surface area contributed by atoms with Crippen LogP contribution in [0, 0.1) is 0 Å². The van der Waals surface area contributed by atoms with E-state index in [9.17, 15) is 4.79 Å². The van der Waals surface area contributed by atoms with Gasteiger partial charge in [0.2, 0.25) is 0 Å². The van der Waals surface area contributed by atoms with Gasteiger partial charge in [-0.25, -0.2) is 4.79 Å². The van der Waals surface area contributed by atoms with Crippen LogP contribution in [-0.2, 0) is 14.2 Å². The standard InChI is InChI=1S/C17H36N2O4/c1-15(2,3)23-14(20)19-11-13-22-17(6,7)9-12-21-16(4,5)8-10-18/h8-13,18H2,1-7H3,(H,19,20). The number of carbonyl (C=O) groups is 1. The minimum Gasteiger partial charge on any atom is -0.444 e. The number of alkyl carbamates (subject to hydrolysis) is 1. The molecule has 0 aromatic heterocycles. The van der Waals surface area contributed by atoms with E-state index in [2.05, 4.69) is 5.32 Å². The molecule has 0 unspecified atom stereocenters. The fourth-order valence-corrected chi connectivity index (χ4v) is 1.86. The van der Waals surface area contributed by atoms with Crippen LogP contribution in [0.2, 0.25) is 0 Å². The van der Waals surface area contributed by atoms with Crippen LogP contribution in [0.1, 0.15) is 61.3 Å². The van der Waals surface area contributed by atoms with E-state index in [4.69, 9.17) is 19.9 Å². The average Bonchev–Trinajstić information content (AvgIpc) is 2.31. The summed E-state index contributed by atoms with van der Waals surface area (Å²) in [5.74, 6) is 0. The molecule has 0 bridgehead atoms. The highest BCUT2D eigenvalue weighted by molar-refractivity contribution is 5.67. The summed E-state index contributed by atoms with van der Waals surface area (Å²) < 4.78 is 16.8. The quantitative estimate of drug-likeness (QED) is 0.601. The molecule has 0 fully saturated rings. The van der Waals surface area contributed by atoms with Crippen molar-refractivity contribution < 1.29 is 19.0 Å². The Hall–Kier alpha value is -0.850. The van der Waals surface area contributed by atoms with Crippen LogP contribution >= 0.6 is 0 Å². The van der Waals surface area contributed by atoms with Gasteiger partial charge in [-0.2, -0.15) is 0 Å². The summed E-state index contributed by atoms with van der Waals surface area (Å²) >= 11 is 0. The molecule has 0 atom stereocenters. The van der Waals surface area contributed by atoms with Gasteiger partial charge in [0, 0.05) is 6.54 Å². The van der Waals surface area contributed by atoms with Crippen LogP contribution in [0.15, 0.2) is 0 Å². The van der Waals surface area contributed by atoms with Gasteiger partial charge in [0.1, 0.15) is 5.60 Å². The normalized spacial score (nSPS) is 13.0. The Bertz CT molecular complexity index is 349. The molecule has 0 radical (unpaired) electrons. The molecule has 6 nitrogen and oxygen atoms in total. The van der Waals surface area contributed by atoms with Gasteiger partial charge in [0.15, 0.2) is 0 Å². The van der Waals surface area contributed by atoms with Crippen molar-refractivity contribution in [1.82, 2.24) is 5.32 Å². The van der Waals surface area contributed by atoms with E-state index >= 15 is 0 Å². The van der Waals surface area contributed by atoms with E-state index in [1.165, 1.54) is 0 Å². The first kappa shape index (κ1) is 22.1. The summed E-state index contributed by atoms with van der Waals surface area (Å²) in [5.41, 5.74) is 4.56. The van der Waals surface area contributed by atoms with Crippen molar-refractivity contribution in [1.29, 1.82) is 0 Å². The molecule has 0 saturated heterocycles. The van der Waals surface area contributed by atoms with Crippen molar-refractivity contribution in [2.45, 2.75) is 78.1 Å². The number of carbonyl (C=O) groups excluding carboxylic acids is 1. The average molecular weight is 332 g/mol. The monoisotopic (exact) mass is 332 g/mol. The molecule has 0 aliphatic carbocycles. The van der Waals surface area contributed by atoms with Crippen LogP contribution in [0.3, 0.4) is 0 Å². The van der Waals surface area contributed by atoms with Crippen molar-refractivity contribution in [3.63, 3.8) is 0 Å². The summed E-state index contributed by atoms with van der Waals surface area (Å²) in [6.45, 7) is 15.7. The highest BCUT2D eigenvalue weighted by Crippen LogP contribution is 2.18. The second-order valence-corrected chi connectivity index (χ2v) is 7.93. The maximum atomic E-state index is 11.5. The maximum absolute atomic E-state index is 11.5. The van der Waals surface area contributed by atoms with Crippen LogP contribution < -0.4 is 11.1 Å². The van der Waals surface area contributed by atoms with Crippen molar-refractivity contribution in [2.24, 2.45) is 5.73 Å². The summed E-state index contributed by atoms with van der Waals surface area (Å²) in [6.07, 6.45) is 1.17. The molecule has 0 aromatic carbocycles. The van der Waals surface area contributed by atoms with E-state index in [0.717, 1.165) is 12.8 Å². The van der Waals surface area contributed by atoms with Gasteiger partial charge in [-0.05, 0) is 67.9 Å². The maximum Gasteiger partial charge on any atom is 0.407 e. The van der Waals surface area contributed by atoms with Crippen molar-refractivity contribution in [2.75, 3.05) is 26.3 Å². The van der Waals surface area contributed by atoms with E-state index in [-0.39, 0.29) is 11.2 Å². The molecule has 6 heteroatoms. The molecule has 0 saturated carbocycles. The Labute approximate surface area is 141 Å². The number of hydrogen-bond donors (Lipinski definition) is 2. The largest absolute Gasteiger partial charge is 0.444 e. The zero-order valence-corrected chi connectivity index (χ0v) is 16.0. The van der Waals surface area contributed by atoms with Gasteiger partial charge in [0.25, 0.3) is 0 Å². The number of rotatable bonds is 10. The molecule has 0 aromatic rings. The van der Waals surface area contributed by atoms with Gasteiger partial charge < -0.3 is 25.3 Å². The number of nitrogens with one attached hydrogen (secondary N) is 1. The highest BCUT2D eigenvalue weighted by Gasteiger charge is 2.22. The molecule has 138 valence electrons. The third-order valence-electron chi connectivity index (χ3n) is 3.21. The lowest BCUT2D eigenvalue weighted by Gasteiger charge is -2.29. The van der Waals surface area contributed by atoms with E-state index < -0.39 is 11.7 Å². The number of hydrogen-bond acceptors (Lipinski definition) is 5. The first-order valence-electron chi connectivity index (χ1n) is 8.32. The molecule has 23 heavy (non-hydrogen) atoms. The Morgan fingerprint density at radius 3 is 1.96 bits per heavy atom. The van der Waals surface area contributed by atoms with Gasteiger partial charge in [-0.3, -0.25) is 0 Å². The predicted molar refractivity (Wildman–Crippen MR) is 92.6 cm³/mol. The van der Waals surface area contributed by atoms with E-state index in [1.807, 2.05) is 48.5 Å². The predicted octanol–water partition coefficient (Wildman–Crippen LogP) is 2.84. The molecule has 0 spiro atoms. The van der Waals surface area contributed by atoms with Crippen molar-refractivity contribution in [3.05, 3.63) is 0 Å². The van der Waals surface area contributed by atoms with Crippen LogP contribution in [-0.4, -0.2) is 49.2 Å². The van der Waals surface area contributed by atoms with Gasteiger partial charge in [-0.1, -0.05) is 0 Å². The molecule has 0 rings (SSSR count). The molecule has 3 N–H and O–H groups in total. The second-order valence-electron chi connectivity index (χ2n) is 7.93. The smallest absolute Gasteiger partial charge is 0.407 e. The topological polar surface area (TPSA) is 82.8 Å². The first-order valence-corrected chi connectivity index (χ1v) is 8.32. The zero-order chi connectivity index (χ0) is 18.1. The summed E-state index contributed by atoms with van der Waals surface area (Å²) in [7, 11) is 0. The molecule has 0 aliphatic heterocycles. The Morgan fingerprint density at radius 2 is 1.43 bits per heavy atom. The Morgan fingerprint density at radius 1 is 0.913 bits per heavy atom. The highest BCUT2D eigenvalue weighted by atomic mass is 16.6. The van der Waals surface area contributed by atoms with Gasteiger partial charge in [0.05, 0.1) is 24.4 Å². The molecule has 0 aliphatic rings. The number of ether oxygens (including phenoxy) is 3. The van der Waals surface area contributed by atoms with Crippen molar-refractivity contribution >= 4 is 6.09 Å². The molecule has 0 heterocycles. The molecule has 1 amide bonds. The minimum absolute atomic E-state index is 0.205. The number of amides is 1. The molecular weight excluding hydrogens is 296 g/mol. The van der Waals surface area contributed by atoms with Crippen molar-refractivity contribution in [3.8, 4) is 0 Å². The second kappa shape index (κ2) is 9.45. The van der Waals surface area contributed by atoms with Crippen LogP contribution in [0.25, 0.3) is 0 Å². The lowest BCUT2D eigenvalue weighted by molar-refractivity contribution is -0.0728. The van der Waals surface area contributed by atoms with Crippen LogP contribution in [0.5, 0.6) is 0 Å². The summed E-state index contributed by atoms with van der Waals surface area (Å²) in [5, 5.41) is 2.68. The third kappa shape index (κ3) is 13.3. The Balaban J connectivity index is 3.90. The zero-order valence-electron chi connectivity index (χ0n) is 16.0. The summed E-state index contributed by atoms with van der Waals surface area (Å²) in [4.78, 5) is 11.5. The third-order valence-corrected chi connectivity index (χ3v) is 3.21. The van der Waals surface area contributed by atoms with Gasteiger partial charge >= 0.3 is 6.09 Å². The van der Waals surface area contributed by atoms with E-state index in [0.29, 0.717) is 26.3 Å². The fourth-order valence-electron chi connectivity index (χ4n) is 1.86. The van der Waals surface area contributed by atoms with Crippen LogP contribution in [0.4, 0.5) is 4.79 Å². The molecular formula is C17H36N2O4. The minimum atomic E-state index is -0.488. The lowest BCUT2D eigenvalue weighted by atomic mass is 10.0.